The summed E-state index contributed by atoms with van der Waals surface area (Å²) < 4.78 is 36.5. The van der Waals surface area contributed by atoms with Crippen molar-refractivity contribution < 1.29 is 33.0 Å². The average molecular weight is 248 g/mol. The molecule has 0 saturated carbocycles. The molecular weight excluding hydrogens is 241 g/mol. The van der Waals surface area contributed by atoms with Crippen LogP contribution >= 0.6 is 0 Å². The first kappa shape index (κ1) is 13.0. The zero-order valence-corrected chi connectivity index (χ0v) is 8.50. The molecule has 0 atom stereocenters. The number of hydrogen-bond donors (Lipinski definition) is 2. The molecule has 0 aromatic heterocycles. The van der Waals surface area contributed by atoms with Crippen LogP contribution in [0.3, 0.4) is 0 Å². The Labute approximate surface area is 93.3 Å². The molecule has 0 heterocycles. The first-order chi connectivity index (χ1) is 7.64. The molecule has 0 aliphatic heterocycles. The lowest BCUT2D eigenvalue weighted by Gasteiger charge is -2.10. The number of phenolic OH excluding ortho intramolecular Hbond substituents is 2. The van der Waals surface area contributed by atoms with E-state index in [1.165, 1.54) is 0 Å². The normalized spacial score (nSPS) is 11.3. The van der Waals surface area contributed by atoms with Gasteiger partial charge in [0.25, 0.3) is 5.78 Å². The van der Waals surface area contributed by atoms with Crippen LogP contribution in [0.4, 0.5) is 13.2 Å². The summed E-state index contributed by atoms with van der Waals surface area (Å²) in [6.45, 7) is 0.982. The summed E-state index contributed by atoms with van der Waals surface area (Å²) in [6, 6.07) is 1.24. The smallest absolute Gasteiger partial charge is 0.455 e. The Morgan fingerprint density at radius 2 is 1.59 bits per heavy atom. The van der Waals surface area contributed by atoms with E-state index in [9.17, 15) is 27.9 Å². The molecular formula is C10H7F3O4. The number of benzene rings is 1. The van der Waals surface area contributed by atoms with Crippen LogP contribution in [-0.4, -0.2) is 28.0 Å². The molecule has 17 heavy (non-hydrogen) atoms. The zero-order chi connectivity index (χ0) is 13.4. The first-order valence-corrected chi connectivity index (χ1v) is 4.33. The first-order valence-electron chi connectivity index (χ1n) is 4.33. The van der Waals surface area contributed by atoms with E-state index in [1.807, 2.05) is 0 Å². The van der Waals surface area contributed by atoms with Gasteiger partial charge in [-0.25, -0.2) is 0 Å². The fourth-order valence-electron chi connectivity index (χ4n) is 1.21. The molecule has 0 saturated heterocycles. The maximum Gasteiger partial charge on any atom is 0.455 e. The number of ketones is 2. The van der Waals surface area contributed by atoms with Crippen molar-refractivity contribution in [3.8, 4) is 11.5 Å². The van der Waals surface area contributed by atoms with Gasteiger partial charge < -0.3 is 10.2 Å². The van der Waals surface area contributed by atoms with Crippen molar-refractivity contribution in [1.29, 1.82) is 0 Å². The largest absolute Gasteiger partial charge is 0.508 e. The molecule has 0 spiro atoms. The summed E-state index contributed by atoms with van der Waals surface area (Å²) in [5.74, 6) is -4.89. The molecule has 0 aliphatic carbocycles. The lowest BCUT2D eigenvalue weighted by Crippen LogP contribution is -2.23. The molecule has 0 bridgehead atoms. The van der Waals surface area contributed by atoms with Crippen LogP contribution in [0.15, 0.2) is 12.1 Å². The molecule has 2 N–H and O–H groups in total. The van der Waals surface area contributed by atoms with Gasteiger partial charge in [-0.1, -0.05) is 0 Å². The molecule has 1 rings (SSSR count). The van der Waals surface area contributed by atoms with Crippen molar-refractivity contribution in [2.75, 3.05) is 0 Å². The zero-order valence-electron chi connectivity index (χ0n) is 8.50. The number of phenols is 2. The second-order valence-electron chi connectivity index (χ2n) is 3.27. The van der Waals surface area contributed by atoms with Crippen molar-refractivity contribution in [2.24, 2.45) is 0 Å². The van der Waals surface area contributed by atoms with Crippen LogP contribution in [0.2, 0.25) is 0 Å². The van der Waals surface area contributed by atoms with Gasteiger partial charge in [0.05, 0.1) is 11.1 Å². The van der Waals surface area contributed by atoms with Crippen LogP contribution in [-0.2, 0) is 0 Å². The minimum Gasteiger partial charge on any atom is -0.508 e. The highest BCUT2D eigenvalue weighted by molar-refractivity contribution is 6.07. The van der Waals surface area contributed by atoms with Crippen molar-refractivity contribution >= 4 is 11.6 Å². The highest BCUT2D eigenvalue weighted by atomic mass is 19.4. The van der Waals surface area contributed by atoms with Crippen molar-refractivity contribution in [3.63, 3.8) is 0 Å². The minimum atomic E-state index is -5.20. The second-order valence-corrected chi connectivity index (χ2v) is 3.27. The van der Waals surface area contributed by atoms with Gasteiger partial charge in [0, 0.05) is 0 Å². The summed E-state index contributed by atoms with van der Waals surface area (Å²) >= 11 is 0. The Balaban J connectivity index is 3.45. The Bertz CT molecular complexity index is 491. The Morgan fingerprint density at radius 3 is 2.00 bits per heavy atom. The van der Waals surface area contributed by atoms with E-state index >= 15 is 0 Å². The number of aromatic hydroxyl groups is 2. The molecule has 0 unspecified atom stereocenters. The van der Waals surface area contributed by atoms with E-state index in [4.69, 9.17) is 5.11 Å². The van der Waals surface area contributed by atoms with Gasteiger partial charge >= 0.3 is 6.18 Å². The lowest BCUT2D eigenvalue weighted by molar-refractivity contribution is -0.0886. The molecule has 4 nitrogen and oxygen atoms in total. The minimum absolute atomic E-state index is 0.456. The van der Waals surface area contributed by atoms with Crippen LogP contribution < -0.4 is 0 Å². The summed E-state index contributed by atoms with van der Waals surface area (Å²) in [6.07, 6.45) is -5.20. The third kappa shape index (κ3) is 2.55. The number of alkyl halides is 3. The number of carbonyl (C=O) groups excluding carboxylic acids is 2. The molecule has 0 radical (unpaired) electrons. The Kier molecular flexibility index (Phi) is 3.12. The van der Waals surface area contributed by atoms with E-state index in [2.05, 4.69) is 0 Å². The van der Waals surface area contributed by atoms with E-state index < -0.39 is 40.4 Å². The van der Waals surface area contributed by atoms with E-state index in [-0.39, 0.29) is 0 Å². The number of halogens is 3. The number of hydrogen-bond acceptors (Lipinski definition) is 4. The third-order valence-electron chi connectivity index (χ3n) is 1.98. The number of Topliss-reactive ketones (excluding diaryl/α,β-unsaturated/α-hetero) is 2. The summed E-state index contributed by atoms with van der Waals surface area (Å²) in [4.78, 5) is 21.9. The van der Waals surface area contributed by atoms with Gasteiger partial charge in [0.15, 0.2) is 5.78 Å². The summed E-state index contributed by atoms with van der Waals surface area (Å²) in [5, 5.41) is 18.5. The average Bonchev–Trinajstić information content (AvgIpc) is 2.18. The van der Waals surface area contributed by atoms with Gasteiger partial charge in [-0.05, 0) is 19.1 Å². The molecule has 7 heteroatoms. The third-order valence-corrected chi connectivity index (χ3v) is 1.98. The molecule has 0 aliphatic rings. The predicted octanol–water partition coefficient (Wildman–Crippen LogP) is 2.05. The van der Waals surface area contributed by atoms with E-state index in [0.717, 1.165) is 13.0 Å². The fraction of sp³-hybridized carbons (Fsp3) is 0.200. The molecule has 0 fully saturated rings. The van der Waals surface area contributed by atoms with Crippen molar-refractivity contribution in [3.05, 3.63) is 23.3 Å². The Hall–Kier alpha value is -2.05. The van der Waals surface area contributed by atoms with E-state index in [0.29, 0.717) is 6.07 Å². The maximum atomic E-state index is 12.2. The highest BCUT2D eigenvalue weighted by Crippen LogP contribution is 2.33. The van der Waals surface area contributed by atoms with Gasteiger partial charge in [-0.15, -0.1) is 0 Å². The van der Waals surface area contributed by atoms with Crippen LogP contribution in [0.5, 0.6) is 11.5 Å². The summed E-state index contributed by atoms with van der Waals surface area (Å²) in [5.41, 5.74) is -1.69. The fourth-order valence-corrected chi connectivity index (χ4v) is 1.21. The number of rotatable bonds is 2. The molecule has 1 aromatic rings. The molecule has 92 valence electrons. The van der Waals surface area contributed by atoms with E-state index in [1.54, 1.807) is 0 Å². The topological polar surface area (TPSA) is 74.6 Å². The quantitative estimate of drug-likeness (QED) is 0.620. The number of carbonyl (C=O) groups is 2. The monoisotopic (exact) mass is 248 g/mol. The van der Waals surface area contributed by atoms with Gasteiger partial charge in [0.2, 0.25) is 0 Å². The van der Waals surface area contributed by atoms with Crippen LogP contribution in [0, 0.1) is 0 Å². The maximum absolute atomic E-state index is 12.2. The molecule has 0 amide bonds. The van der Waals surface area contributed by atoms with Gasteiger partial charge in [-0.2, -0.15) is 13.2 Å². The van der Waals surface area contributed by atoms with Crippen LogP contribution in [0.1, 0.15) is 27.6 Å². The highest BCUT2D eigenvalue weighted by Gasteiger charge is 2.41. The van der Waals surface area contributed by atoms with Crippen molar-refractivity contribution in [2.45, 2.75) is 13.1 Å². The Morgan fingerprint density at radius 1 is 1.12 bits per heavy atom. The standard InChI is InChI=1S/C10H7F3O4/c1-4(14)6-2-5(15)3-7(8(6)16)9(17)10(11,12)13/h2-3,15-16H,1H3. The SMILES string of the molecule is CC(=O)c1cc(O)cc(C(=O)C(F)(F)F)c1O. The second kappa shape index (κ2) is 4.08. The van der Waals surface area contributed by atoms with Gasteiger partial charge in [0.1, 0.15) is 11.5 Å². The van der Waals surface area contributed by atoms with Crippen LogP contribution in [0.25, 0.3) is 0 Å². The molecule has 1 aromatic carbocycles. The van der Waals surface area contributed by atoms with Gasteiger partial charge in [-0.3, -0.25) is 9.59 Å². The predicted molar refractivity (Wildman–Crippen MR) is 50.2 cm³/mol. The summed E-state index contributed by atoms with van der Waals surface area (Å²) in [7, 11) is 0. The lowest BCUT2D eigenvalue weighted by atomic mass is 10.0. The van der Waals surface area contributed by atoms with Crippen molar-refractivity contribution in [1.82, 2.24) is 0 Å².